The third kappa shape index (κ3) is 3.63. The topological polar surface area (TPSA) is 98.2 Å². The summed E-state index contributed by atoms with van der Waals surface area (Å²) in [5.74, 6) is 0. The first-order valence-electron chi connectivity index (χ1n) is 5.41. The lowest BCUT2D eigenvalue weighted by Gasteiger charge is -2.10. The molecular formula is C12H11BrClN3O2S. The number of benzene rings is 2. The molecule has 2 rings (SSSR count). The number of nitrogen functional groups attached to an aromatic ring is 1. The van der Waals surface area contributed by atoms with Crippen LogP contribution in [0.5, 0.6) is 0 Å². The van der Waals surface area contributed by atoms with E-state index in [9.17, 15) is 8.42 Å². The molecule has 0 bridgehead atoms. The van der Waals surface area contributed by atoms with Gasteiger partial charge in [0.25, 0.3) is 0 Å². The van der Waals surface area contributed by atoms with E-state index in [1.54, 1.807) is 24.3 Å². The van der Waals surface area contributed by atoms with Gasteiger partial charge >= 0.3 is 0 Å². The lowest BCUT2D eigenvalue weighted by molar-refractivity contribution is 0.598. The molecule has 106 valence electrons. The van der Waals surface area contributed by atoms with Gasteiger partial charge in [-0.3, -0.25) is 0 Å². The monoisotopic (exact) mass is 375 g/mol. The fourth-order valence-electron chi connectivity index (χ4n) is 1.60. The van der Waals surface area contributed by atoms with Gasteiger partial charge in [0.1, 0.15) is 0 Å². The molecule has 0 atom stereocenters. The van der Waals surface area contributed by atoms with Crippen LogP contribution < -0.4 is 16.2 Å². The standard InChI is InChI=1S/C12H11BrClN3O2S/c13-11-6-8(1-2-12(11)14)17-9-3-7(15)4-10(5-9)20(16,18)19/h1-6,17H,15H2,(H2,16,18,19). The maximum atomic E-state index is 11.4. The zero-order chi connectivity index (χ0) is 14.9. The highest BCUT2D eigenvalue weighted by molar-refractivity contribution is 9.10. The fourth-order valence-corrected chi connectivity index (χ4v) is 2.69. The number of halogens is 2. The number of primary sulfonamides is 1. The van der Waals surface area contributed by atoms with Crippen molar-refractivity contribution in [3.63, 3.8) is 0 Å². The quantitative estimate of drug-likeness (QED) is 0.717. The molecular weight excluding hydrogens is 366 g/mol. The highest BCUT2D eigenvalue weighted by Gasteiger charge is 2.10. The van der Waals surface area contributed by atoms with Crippen LogP contribution in [0.4, 0.5) is 17.1 Å². The Morgan fingerprint density at radius 2 is 1.80 bits per heavy atom. The first-order valence-corrected chi connectivity index (χ1v) is 8.13. The number of anilines is 3. The molecule has 0 amide bonds. The van der Waals surface area contributed by atoms with Crippen LogP contribution in [0, 0.1) is 0 Å². The lowest BCUT2D eigenvalue weighted by atomic mass is 10.2. The molecule has 0 heterocycles. The number of hydrogen-bond acceptors (Lipinski definition) is 4. The normalized spacial score (nSPS) is 11.3. The van der Waals surface area contributed by atoms with Gasteiger partial charge in [0.05, 0.1) is 9.92 Å². The molecule has 0 aliphatic carbocycles. The van der Waals surface area contributed by atoms with Crippen molar-refractivity contribution >= 4 is 54.6 Å². The maximum Gasteiger partial charge on any atom is 0.238 e. The van der Waals surface area contributed by atoms with Crippen LogP contribution in [0.15, 0.2) is 45.8 Å². The summed E-state index contributed by atoms with van der Waals surface area (Å²) in [6, 6.07) is 9.56. The van der Waals surface area contributed by atoms with Crippen molar-refractivity contribution in [1.82, 2.24) is 0 Å². The zero-order valence-corrected chi connectivity index (χ0v) is 13.3. The molecule has 0 saturated heterocycles. The molecule has 0 radical (unpaired) electrons. The van der Waals surface area contributed by atoms with Crippen LogP contribution in [0.3, 0.4) is 0 Å². The Hall–Kier alpha value is -1.28. The summed E-state index contributed by atoms with van der Waals surface area (Å²) in [7, 11) is -3.81. The molecule has 0 aliphatic rings. The average molecular weight is 377 g/mol. The van der Waals surface area contributed by atoms with E-state index < -0.39 is 10.0 Å². The van der Waals surface area contributed by atoms with Gasteiger partial charge in [0.2, 0.25) is 10.0 Å². The van der Waals surface area contributed by atoms with Crippen molar-refractivity contribution in [2.24, 2.45) is 5.14 Å². The number of sulfonamides is 1. The van der Waals surface area contributed by atoms with Gasteiger partial charge in [-0.25, -0.2) is 13.6 Å². The van der Waals surface area contributed by atoms with Gasteiger partial charge in [-0.05, 0) is 52.3 Å². The number of nitrogens with two attached hydrogens (primary N) is 2. The third-order valence-corrected chi connectivity index (χ3v) is 4.57. The largest absolute Gasteiger partial charge is 0.399 e. The highest BCUT2D eigenvalue weighted by Crippen LogP contribution is 2.28. The Labute approximate surface area is 130 Å². The van der Waals surface area contributed by atoms with Crippen LogP contribution in [-0.2, 0) is 10.0 Å². The minimum atomic E-state index is -3.81. The van der Waals surface area contributed by atoms with Crippen LogP contribution in [0.1, 0.15) is 0 Å². The number of nitrogens with one attached hydrogen (secondary N) is 1. The minimum Gasteiger partial charge on any atom is -0.399 e. The Bertz CT molecular complexity index is 765. The van der Waals surface area contributed by atoms with Crippen molar-refractivity contribution < 1.29 is 8.42 Å². The molecule has 5 nitrogen and oxygen atoms in total. The smallest absolute Gasteiger partial charge is 0.238 e. The molecule has 0 aliphatic heterocycles. The molecule has 0 unspecified atom stereocenters. The lowest BCUT2D eigenvalue weighted by Crippen LogP contribution is -2.12. The summed E-state index contributed by atoms with van der Waals surface area (Å²) in [5, 5.41) is 8.71. The Morgan fingerprint density at radius 1 is 1.10 bits per heavy atom. The van der Waals surface area contributed by atoms with E-state index in [2.05, 4.69) is 21.2 Å². The Kier molecular flexibility index (Phi) is 4.24. The highest BCUT2D eigenvalue weighted by atomic mass is 79.9. The van der Waals surface area contributed by atoms with Crippen molar-refractivity contribution in [3.8, 4) is 0 Å². The van der Waals surface area contributed by atoms with E-state index in [1.807, 2.05) is 0 Å². The first-order chi connectivity index (χ1) is 9.25. The molecule has 0 spiro atoms. The van der Waals surface area contributed by atoms with Crippen LogP contribution >= 0.6 is 27.5 Å². The summed E-state index contributed by atoms with van der Waals surface area (Å²) < 4.78 is 23.4. The summed E-state index contributed by atoms with van der Waals surface area (Å²) in [6.07, 6.45) is 0. The molecule has 0 aromatic heterocycles. The Morgan fingerprint density at radius 3 is 2.40 bits per heavy atom. The SMILES string of the molecule is Nc1cc(Nc2ccc(Cl)c(Br)c2)cc(S(N)(=O)=O)c1. The Balaban J connectivity index is 2.38. The van der Waals surface area contributed by atoms with Gasteiger partial charge < -0.3 is 11.1 Å². The van der Waals surface area contributed by atoms with Crippen molar-refractivity contribution in [2.45, 2.75) is 4.90 Å². The number of rotatable bonds is 3. The van der Waals surface area contributed by atoms with E-state index in [0.29, 0.717) is 16.4 Å². The average Bonchev–Trinajstić information content (AvgIpc) is 2.32. The van der Waals surface area contributed by atoms with Gasteiger partial charge in [-0.15, -0.1) is 0 Å². The number of hydrogen-bond donors (Lipinski definition) is 3. The van der Waals surface area contributed by atoms with Gasteiger partial charge in [0, 0.05) is 21.5 Å². The molecule has 5 N–H and O–H groups in total. The zero-order valence-electron chi connectivity index (χ0n) is 10.1. The fraction of sp³-hybridized carbons (Fsp3) is 0. The van der Waals surface area contributed by atoms with Crippen LogP contribution in [-0.4, -0.2) is 8.42 Å². The van der Waals surface area contributed by atoms with E-state index >= 15 is 0 Å². The second-order valence-corrected chi connectivity index (χ2v) is 6.91. The van der Waals surface area contributed by atoms with E-state index in [-0.39, 0.29) is 4.90 Å². The molecule has 0 fully saturated rings. The third-order valence-electron chi connectivity index (χ3n) is 2.47. The van der Waals surface area contributed by atoms with Gasteiger partial charge in [-0.1, -0.05) is 11.6 Å². The second-order valence-electron chi connectivity index (χ2n) is 4.09. The minimum absolute atomic E-state index is 0.0481. The van der Waals surface area contributed by atoms with Crippen molar-refractivity contribution in [3.05, 3.63) is 45.9 Å². The van der Waals surface area contributed by atoms with E-state index in [0.717, 1.165) is 10.2 Å². The molecule has 0 saturated carbocycles. The predicted molar refractivity (Wildman–Crippen MR) is 84.7 cm³/mol. The predicted octanol–water partition coefficient (Wildman–Crippen LogP) is 3.08. The summed E-state index contributed by atoms with van der Waals surface area (Å²) in [4.78, 5) is -0.0481. The molecule has 2 aromatic rings. The van der Waals surface area contributed by atoms with Crippen molar-refractivity contribution in [1.29, 1.82) is 0 Å². The van der Waals surface area contributed by atoms with Gasteiger partial charge in [-0.2, -0.15) is 0 Å². The van der Waals surface area contributed by atoms with Crippen molar-refractivity contribution in [2.75, 3.05) is 11.1 Å². The summed E-state index contributed by atoms with van der Waals surface area (Å²) in [6.45, 7) is 0. The summed E-state index contributed by atoms with van der Waals surface area (Å²) >= 11 is 9.21. The van der Waals surface area contributed by atoms with Gasteiger partial charge in [0.15, 0.2) is 0 Å². The van der Waals surface area contributed by atoms with E-state index in [1.165, 1.54) is 12.1 Å². The van der Waals surface area contributed by atoms with Crippen LogP contribution in [0.2, 0.25) is 5.02 Å². The molecule has 20 heavy (non-hydrogen) atoms. The summed E-state index contributed by atoms with van der Waals surface area (Å²) in [5.41, 5.74) is 7.22. The second kappa shape index (κ2) is 5.61. The van der Waals surface area contributed by atoms with E-state index in [4.69, 9.17) is 22.5 Å². The first kappa shape index (κ1) is 15.1. The van der Waals surface area contributed by atoms with Crippen LogP contribution in [0.25, 0.3) is 0 Å². The molecule has 8 heteroatoms. The molecule has 2 aromatic carbocycles. The maximum absolute atomic E-state index is 11.4.